The molecule has 22 heavy (non-hydrogen) atoms. The van der Waals surface area contributed by atoms with Gasteiger partial charge in [0.15, 0.2) is 0 Å². The monoisotopic (exact) mass is 405 g/mol. The fourth-order valence-corrected chi connectivity index (χ4v) is 2.24. The van der Waals surface area contributed by atoms with Gasteiger partial charge in [-0.3, -0.25) is 0 Å². The third kappa shape index (κ3) is 5.05. The second kappa shape index (κ2) is 10.7. The largest absolute Gasteiger partial charge is 4.00 e. The molecule has 0 saturated heterocycles. The van der Waals surface area contributed by atoms with E-state index in [0.29, 0.717) is 0 Å². The molecule has 1 aliphatic carbocycles. The summed E-state index contributed by atoms with van der Waals surface area (Å²) in [5.74, 6) is 0. The van der Waals surface area contributed by atoms with Crippen molar-refractivity contribution < 1.29 is 51.0 Å². The maximum absolute atomic E-state index is 3.36. The number of halogens is 2. The number of hydrogen-bond donors (Lipinski definition) is 0. The molecule has 0 amide bonds. The molecule has 1 heterocycles. The Morgan fingerprint density at radius 2 is 1.50 bits per heavy atom. The molecule has 0 aliphatic heterocycles. The number of fused-ring (bicyclic) bond motifs is 1. The molecule has 1 atom stereocenters. The van der Waals surface area contributed by atoms with Crippen molar-refractivity contribution in [1.29, 1.82) is 0 Å². The summed E-state index contributed by atoms with van der Waals surface area (Å²) in [6, 6.07) is 22.8. The molecule has 0 fully saturated rings. The zero-order chi connectivity index (χ0) is 12.9. The smallest absolute Gasteiger partial charge is 1.00 e. The Kier molecular flexibility index (Phi) is 10.3. The van der Waals surface area contributed by atoms with E-state index in [1.165, 1.54) is 11.1 Å². The van der Waals surface area contributed by atoms with Gasteiger partial charge in [0.05, 0.1) is 0 Å². The Morgan fingerprint density at radius 3 is 2.09 bits per heavy atom. The molecule has 0 radical (unpaired) electrons. The van der Waals surface area contributed by atoms with Crippen molar-refractivity contribution in [1.82, 2.24) is 4.57 Å². The normalized spacial score (nSPS) is 13.5. The van der Waals surface area contributed by atoms with Crippen LogP contribution in [0.15, 0.2) is 79.1 Å². The van der Waals surface area contributed by atoms with Gasteiger partial charge >= 0.3 is 26.2 Å². The molecule has 1 nitrogen and oxygen atoms in total. The Hall–Kier alpha value is -0.947. The molecule has 3 aromatic rings. The first kappa shape index (κ1) is 21.1. The van der Waals surface area contributed by atoms with Gasteiger partial charge in [-0.05, 0) is 18.2 Å². The summed E-state index contributed by atoms with van der Waals surface area (Å²) in [5.41, 5.74) is 2.62. The molecule has 0 saturated carbocycles. The number of hydrogen-bond acceptors (Lipinski definition) is 0. The first-order chi connectivity index (χ1) is 9.45. The molecule has 110 valence electrons. The number of benzene rings is 1. The third-order valence-corrected chi connectivity index (χ3v) is 3.17. The number of allylic oxidation sites excluding steroid dienone is 1. The summed E-state index contributed by atoms with van der Waals surface area (Å²) in [5, 5.41) is 0. The van der Waals surface area contributed by atoms with Crippen molar-refractivity contribution in [2.45, 2.75) is 6.04 Å². The summed E-state index contributed by atoms with van der Waals surface area (Å²) >= 11 is 0. The number of nitrogens with zero attached hydrogens (tertiary/aromatic N) is 1. The average Bonchev–Trinajstić information content (AvgIpc) is 3.21. The van der Waals surface area contributed by atoms with Gasteiger partial charge < -0.3 is 29.4 Å². The molecule has 4 rings (SSSR count). The van der Waals surface area contributed by atoms with Crippen molar-refractivity contribution in [2.24, 2.45) is 0 Å². The van der Waals surface area contributed by atoms with Crippen molar-refractivity contribution in [2.75, 3.05) is 0 Å². The molecule has 2 aromatic carbocycles. The van der Waals surface area contributed by atoms with E-state index in [0.717, 1.165) is 0 Å². The van der Waals surface area contributed by atoms with E-state index in [1.54, 1.807) is 0 Å². The summed E-state index contributed by atoms with van der Waals surface area (Å²) in [6.07, 6.45) is 9.59. The van der Waals surface area contributed by atoms with Crippen molar-refractivity contribution in [3.05, 3.63) is 96.3 Å². The summed E-state index contributed by atoms with van der Waals surface area (Å²) < 4.78 is 2.17. The van der Waals surface area contributed by atoms with Crippen LogP contribution < -0.4 is 24.8 Å². The van der Waals surface area contributed by atoms with Crippen LogP contribution in [0.3, 0.4) is 0 Å². The van der Waals surface area contributed by atoms with E-state index >= 15 is 0 Å². The molecule has 1 aromatic heterocycles. The number of aromatic nitrogens is 1. The van der Waals surface area contributed by atoms with Crippen LogP contribution in [0, 0.1) is 6.08 Å². The van der Waals surface area contributed by atoms with Gasteiger partial charge in [0, 0.05) is 12.4 Å². The van der Waals surface area contributed by atoms with Crippen LogP contribution in [-0.4, -0.2) is 4.57 Å². The van der Waals surface area contributed by atoms with Crippen molar-refractivity contribution in [3.63, 3.8) is 0 Å². The molecule has 4 heteroatoms. The van der Waals surface area contributed by atoms with E-state index in [4.69, 9.17) is 0 Å². The summed E-state index contributed by atoms with van der Waals surface area (Å²) in [6.45, 7) is 0. The zero-order valence-electron chi connectivity index (χ0n) is 11.9. The summed E-state index contributed by atoms with van der Waals surface area (Å²) in [4.78, 5) is 0. The minimum Gasteiger partial charge on any atom is -1.00 e. The fourth-order valence-electron chi connectivity index (χ4n) is 2.24. The topological polar surface area (TPSA) is 4.93 Å². The van der Waals surface area contributed by atoms with Gasteiger partial charge in [0.25, 0.3) is 0 Å². The van der Waals surface area contributed by atoms with Crippen molar-refractivity contribution >= 4 is 6.08 Å². The number of rotatable bonds is 1. The van der Waals surface area contributed by atoms with E-state index < -0.39 is 0 Å². The molecule has 0 spiro atoms. The van der Waals surface area contributed by atoms with E-state index in [-0.39, 0.29) is 57.1 Å². The Labute approximate surface area is 163 Å². The first-order valence-corrected chi connectivity index (χ1v) is 6.42. The van der Waals surface area contributed by atoms with Crippen LogP contribution in [0.1, 0.15) is 17.2 Å². The minimum absolute atomic E-state index is 0. The fraction of sp³-hybridized carbons (Fsp3) is 0.0556. The zero-order valence-corrected chi connectivity index (χ0v) is 15.8. The standard InChI is InChI=1S/C13H10N.C5H5.2ClH.Zr/c1-2-6-12-11(5-1)7-8-13(12)14-9-3-4-10-14;1-2-4-5-3-1;;;/h1-7,9-10,13H;1-5H;2*1H;/q2*-1;;;+4/p-2. The van der Waals surface area contributed by atoms with Crippen LogP contribution in [0.4, 0.5) is 0 Å². The Bertz CT molecular complexity index is 628. The van der Waals surface area contributed by atoms with E-state index in [9.17, 15) is 0 Å². The molecular formula is C18H15Cl2NZr. The maximum atomic E-state index is 3.36. The predicted molar refractivity (Wildman–Crippen MR) is 78.8 cm³/mol. The van der Waals surface area contributed by atoms with E-state index in [2.05, 4.69) is 53.4 Å². The van der Waals surface area contributed by atoms with Gasteiger partial charge in [0.2, 0.25) is 0 Å². The Morgan fingerprint density at radius 1 is 0.864 bits per heavy atom. The molecule has 0 bridgehead atoms. The van der Waals surface area contributed by atoms with Crippen LogP contribution in [0.2, 0.25) is 0 Å². The average molecular weight is 407 g/mol. The van der Waals surface area contributed by atoms with Gasteiger partial charge in [-0.25, -0.2) is 24.3 Å². The first-order valence-electron chi connectivity index (χ1n) is 6.42. The quantitative estimate of drug-likeness (QED) is 0.425. The second-order valence-electron chi connectivity index (χ2n) is 4.43. The van der Waals surface area contributed by atoms with Gasteiger partial charge in [-0.15, -0.1) is 11.6 Å². The maximum Gasteiger partial charge on any atom is 4.00 e. The van der Waals surface area contributed by atoms with Gasteiger partial charge in [0.1, 0.15) is 0 Å². The third-order valence-electron chi connectivity index (χ3n) is 3.17. The minimum atomic E-state index is 0. The summed E-state index contributed by atoms with van der Waals surface area (Å²) in [7, 11) is 0. The van der Waals surface area contributed by atoms with E-state index in [1.807, 2.05) is 42.5 Å². The Balaban J connectivity index is 0.000000482. The molecule has 0 N–H and O–H groups in total. The predicted octanol–water partition coefficient (Wildman–Crippen LogP) is -1.68. The van der Waals surface area contributed by atoms with Crippen molar-refractivity contribution in [3.8, 4) is 0 Å². The SMILES string of the molecule is [C-]1=Cc2ccccc2C1n1cccc1.[Cl-].[Cl-].[Zr+4].c1cc[cH-]c1. The van der Waals surface area contributed by atoms with Crippen LogP contribution in [-0.2, 0) is 26.2 Å². The second-order valence-corrected chi connectivity index (χ2v) is 4.43. The molecule has 1 aliphatic rings. The van der Waals surface area contributed by atoms with Crippen LogP contribution >= 0.6 is 0 Å². The van der Waals surface area contributed by atoms with Gasteiger partial charge in [-0.2, -0.15) is 23.8 Å². The van der Waals surface area contributed by atoms with Crippen LogP contribution in [0.25, 0.3) is 6.08 Å². The van der Waals surface area contributed by atoms with Gasteiger partial charge in [-0.1, -0.05) is 18.2 Å². The molecule has 1 unspecified atom stereocenters. The molecular weight excluding hydrogens is 392 g/mol. The van der Waals surface area contributed by atoms with Crippen LogP contribution in [0.5, 0.6) is 0 Å².